The minimum absolute atomic E-state index is 0.115. The molecule has 0 saturated carbocycles. The Bertz CT molecular complexity index is 928. The van der Waals surface area contributed by atoms with Crippen LogP contribution in [-0.4, -0.2) is 44.3 Å². The minimum atomic E-state index is -3.79. The predicted octanol–water partition coefficient (Wildman–Crippen LogP) is 3.28. The largest absolute Gasteiger partial charge is 0.462 e. The van der Waals surface area contributed by atoms with E-state index in [4.69, 9.17) is 4.74 Å². The molecule has 1 N–H and O–H groups in total. The number of hydrogen-bond acceptors (Lipinski definition) is 5. The molecule has 9 heteroatoms. The fraction of sp³-hybridized carbons (Fsp3) is 0.263. The van der Waals surface area contributed by atoms with Gasteiger partial charge in [-0.25, -0.2) is 13.2 Å². The van der Waals surface area contributed by atoms with Gasteiger partial charge in [0.25, 0.3) is 0 Å². The quantitative estimate of drug-likeness (QED) is 0.600. The lowest BCUT2D eigenvalue weighted by molar-refractivity contribution is -0.116. The molecule has 0 bridgehead atoms. The summed E-state index contributed by atoms with van der Waals surface area (Å²) in [6, 6.07) is 12.4. The van der Waals surface area contributed by atoms with Crippen molar-refractivity contribution < 1.29 is 22.7 Å². The van der Waals surface area contributed by atoms with Crippen LogP contribution in [0.2, 0.25) is 0 Å². The number of carbonyl (C=O) groups excluding carboxylic acids is 2. The fourth-order valence-electron chi connectivity index (χ4n) is 2.39. The predicted molar refractivity (Wildman–Crippen MR) is 110 cm³/mol. The number of hydrogen-bond donors (Lipinski definition) is 1. The summed E-state index contributed by atoms with van der Waals surface area (Å²) in [5.74, 6) is -0.926. The summed E-state index contributed by atoms with van der Waals surface area (Å²) in [6.07, 6.45) is 0. The van der Waals surface area contributed by atoms with Crippen LogP contribution < -0.4 is 5.32 Å². The lowest BCUT2D eigenvalue weighted by atomic mass is 10.2. The van der Waals surface area contributed by atoms with Crippen LogP contribution in [0.1, 0.15) is 24.2 Å². The number of nitrogens with zero attached hydrogens (tertiary/aromatic N) is 1. The first kappa shape index (κ1) is 22.1. The molecule has 2 aromatic carbocycles. The number of ether oxygens (including phenoxy) is 1. The molecule has 0 heterocycles. The van der Waals surface area contributed by atoms with E-state index < -0.39 is 21.9 Å². The van der Waals surface area contributed by atoms with Crippen molar-refractivity contribution in [3.05, 3.63) is 58.6 Å². The second-order valence-corrected chi connectivity index (χ2v) is 8.58. The zero-order valence-electron chi connectivity index (χ0n) is 15.5. The second-order valence-electron chi connectivity index (χ2n) is 5.73. The number of esters is 1. The summed E-state index contributed by atoms with van der Waals surface area (Å²) in [6.45, 7) is 3.48. The van der Waals surface area contributed by atoms with Gasteiger partial charge in [0.2, 0.25) is 15.9 Å². The van der Waals surface area contributed by atoms with E-state index in [1.165, 1.54) is 24.3 Å². The van der Waals surface area contributed by atoms with E-state index in [2.05, 4.69) is 21.2 Å². The Morgan fingerprint density at radius 1 is 1.04 bits per heavy atom. The molecule has 2 aromatic rings. The Kier molecular flexibility index (Phi) is 7.73. The molecular formula is C19H21BrN2O5S. The van der Waals surface area contributed by atoms with Crippen LogP contribution in [0.4, 0.5) is 5.69 Å². The van der Waals surface area contributed by atoms with E-state index in [-0.39, 0.29) is 24.6 Å². The highest BCUT2D eigenvalue weighted by Crippen LogP contribution is 2.19. The van der Waals surface area contributed by atoms with Gasteiger partial charge in [0.1, 0.15) is 0 Å². The highest BCUT2D eigenvalue weighted by Gasteiger charge is 2.25. The number of benzene rings is 2. The van der Waals surface area contributed by atoms with Gasteiger partial charge >= 0.3 is 5.97 Å². The molecule has 0 aliphatic rings. The molecule has 0 unspecified atom stereocenters. The number of likely N-dealkylation sites (N-methyl/N-ethyl adjacent to an activating group) is 1. The Balaban J connectivity index is 2.06. The van der Waals surface area contributed by atoms with Crippen LogP contribution >= 0.6 is 15.9 Å². The maximum atomic E-state index is 12.7. The van der Waals surface area contributed by atoms with Crippen molar-refractivity contribution in [1.29, 1.82) is 0 Å². The monoisotopic (exact) mass is 468 g/mol. The summed E-state index contributed by atoms with van der Waals surface area (Å²) < 4.78 is 32.2. The Morgan fingerprint density at radius 2 is 1.64 bits per heavy atom. The van der Waals surface area contributed by atoms with Crippen molar-refractivity contribution in [2.75, 3.05) is 25.0 Å². The molecular weight excluding hydrogens is 448 g/mol. The van der Waals surface area contributed by atoms with Gasteiger partial charge in [0.05, 0.1) is 23.6 Å². The third-order valence-corrected chi connectivity index (χ3v) is 6.27. The van der Waals surface area contributed by atoms with Gasteiger partial charge in [0, 0.05) is 16.7 Å². The van der Waals surface area contributed by atoms with Crippen molar-refractivity contribution in [2.45, 2.75) is 18.7 Å². The molecule has 1 amide bonds. The van der Waals surface area contributed by atoms with Gasteiger partial charge in [-0.15, -0.1) is 0 Å². The molecule has 28 heavy (non-hydrogen) atoms. The zero-order valence-corrected chi connectivity index (χ0v) is 17.9. The number of anilines is 1. The van der Waals surface area contributed by atoms with Gasteiger partial charge in [-0.3, -0.25) is 4.79 Å². The molecule has 2 rings (SSSR count). The molecule has 0 aromatic heterocycles. The first-order valence-electron chi connectivity index (χ1n) is 8.60. The number of sulfonamides is 1. The summed E-state index contributed by atoms with van der Waals surface area (Å²) in [4.78, 5) is 24.1. The molecule has 0 saturated heterocycles. The third-order valence-electron chi connectivity index (χ3n) is 3.80. The number of amides is 1. The molecule has 0 radical (unpaired) electrons. The SMILES string of the molecule is CCOC(=O)c1ccc(NC(=O)CN(CC)S(=O)(=O)c2ccc(Br)cc2)cc1. The summed E-state index contributed by atoms with van der Waals surface area (Å²) in [7, 11) is -3.79. The van der Waals surface area contributed by atoms with Gasteiger partial charge in [-0.05, 0) is 55.5 Å². The normalized spacial score (nSPS) is 11.3. The van der Waals surface area contributed by atoms with Crippen molar-refractivity contribution in [3.63, 3.8) is 0 Å². The number of carbonyl (C=O) groups is 2. The van der Waals surface area contributed by atoms with Crippen LogP contribution in [0.25, 0.3) is 0 Å². The molecule has 0 aliphatic carbocycles. The summed E-state index contributed by atoms with van der Waals surface area (Å²) >= 11 is 3.26. The van der Waals surface area contributed by atoms with Crippen molar-refractivity contribution in [2.24, 2.45) is 0 Å². The first-order valence-corrected chi connectivity index (χ1v) is 10.8. The topological polar surface area (TPSA) is 92.8 Å². The highest BCUT2D eigenvalue weighted by molar-refractivity contribution is 9.10. The Hall–Kier alpha value is -2.23. The van der Waals surface area contributed by atoms with Gasteiger partial charge in [-0.1, -0.05) is 22.9 Å². The van der Waals surface area contributed by atoms with Gasteiger partial charge in [-0.2, -0.15) is 4.31 Å². The van der Waals surface area contributed by atoms with E-state index in [9.17, 15) is 18.0 Å². The van der Waals surface area contributed by atoms with Crippen molar-refractivity contribution >= 4 is 43.5 Å². The van der Waals surface area contributed by atoms with E-state index in [0.717, 1.165) is 8.78 Å². The summed E-state index contributed by atoms with van der Waals surface area (Å²) in [5, 5.41) is 2.63. The minimum Gasteiger partial charge on any atom is -0.462 e. The molecule has 0 aliphatic heterocycles. The fourth-order valence-corrected chi connectivity index (χ4v) is 4.06. The molecule has 150 valence electrons. The van der Waals surface area contributed by atoms with Gasteiger partial charge in [0.15, 0.2) is 0 Å². The van der Waals surface area contributed by atoms with Crippen LogP contribution in [0.5, 0.6) is 0 Å². The maximum absolute atomic E-state index is 12.7. The Morgan fingerprint density at radius 3 is 2.18 bits per heavy atom. The Labute approximate surface area is 172 Å². The molecule has 7 nitrogen and oxygen atoms in total. The van der Waals surface area contributed by atoms with Crippen molar-refractivity contribution in [1.82, 2.24) is 4.31 Å². The number of halogens is 1. The average Bonchev–Trinajstić information content (AvgIpc) is 2.67. The van der Waals surface area contributed by atoms with Crippen LogP contribution in [-0.2, 0) is 19.6 Å². The number of nitrogens with one attached hydrogen (secondary N) is 1. The first-order chi connectivity index (χ1) is 13.3. The van der Waals surface area contributed by atoms with E-state index in [1.807, 2.05) is 0 Å². The second kappa shape index (κ2) is 9.81. The number of rotatable bonds is 8. The van der Waals surface area contributed by atoms with E-state index in [0.29, 0.717) is 11.3 Å². The molecule has 0 atom stereocenters. The zero-order chi connectivity index (χ0) is 20.7. The van der Waals surface area contributed by atoms with Crippen molar-refractivity contribution in [3.8, 4) is 0 Å². The van der Waals surface area contributed by atoms with Crippen LogP contribution in [0.15, 0.2) is 57.9 Å². The maximum Gasteiger partial charge on any atom is 0.338 e. The lowest BCUT2D eigenvalue weighted by Crippen LogP contribution is -2.37. The van der Waals surface area contributed by atoms with E-state index >= 15 is 0 Å². The van der Waals surface area contributed by atoms with Crippen LogP contribution in [0.3, 0.4) is 0 Å². The van der Waals surface area contributed by atoms with Gasteiger partial charge < -0.3 is 10.1 Å². The van der Waals surface area contributed by atoms with E-state index in [1.54, 1.807) is 38.1 Å². The third kappa shape index (κ3) is 5.63. The lowest BCUT2D eigenvalue weighted by Gasteiger charge is -2.20. The van der Waals surface area contributed by atoms with Crippen LogP contribution in [0, 0.1) is 0 Å². The summed E-state index contributed by atoms with van der Waals surface area (Å²) in [5.41, 5.74) is 0.822. The average molecular weight is 469 g/mol. The molecule has 0 spiro atoms. The highest BCUT2D eigenvalue weighted by atomic mass is 79.9. The smallest absolute Gasteiger partial charge is 0.338 e. The molecule has 0 fully saturated rings. The standard InChI is InChI=1S/C19H21BrN2O5S/c1-3-22(28(25,26)17-11-7-15(20)8-12-17)13-18(23)21-16-9-5-14(6-10-16)19(24)27-4-2/h5-12H,3-4,13H2,1-2H3,(H,21,23).